The summed E-state index contributed by atoms with van der Waals surface area (Å²) in [5.74, 6) is 0.0202. The SMILES string of the molecule is CC(O)COc1ccc2c(c1)CCN(c1ccc(N3CCC(N(C)C(=O)OC(C)(C)C)C3)c(F)c1)C2=O. The van der Waals surface area contributed by atoms with E-state index in [4.69, 9.17) is 9.47 Å². The molecule has 9 heteroatoms. The molecule has 4 rings (SSSR count). The summed E-state index contributed by atoms with van der Waals surface area (Å²) in [5, 5.41) is 9.42. The first kappa shape index (κ1) is 26.7. The molecule has 2 aliphatic heterocycles. The number of aliphatic hydroxyl groups excluding tert-OH is 1. The molecule has 0 bridgehead atoms. The van der Waals surface area contributed by atoms with Gasteiger partial charge in [0.25, 0.3) is 5.91 Å². The van der Waals surface area contributed by atoms with Gasteiger partial charge in [-0.3, -0.25) is 4.79 Å². The highest BCUT2D eigenvalue weighted by atomic mass is 19.1. The molecule has 0 radical (unpaired) electrons. The Morgan fingerprint density at radius 1 is 1.22 bits per heavy atom. The first-order valence-electron chi connectivity index (χ1n) is 12.7. The fraction of sp³-hybridized carbons (Fsp3) is 0.500. The maximum atomic E-state index is 15.3. The highest BCUT2D eigenvalue weighted by molar-refractivity contribution is 6.08. The van der Waals surface area contributed by atoms with Crippen molar-refractivity contribution in [1.82, 2.24) is 4.90 Å². The molecule has 1 N–H and O–H groups in total. The summed E-state index contributed by atoms with van der Waals surface area (Å²) in [5.41, 5.74) is 1.82. The van der Waals surface area contributed by atoms with Crippen molar-refractivity contribution in [3.05, 3.63) is 53.3 Å². The topological polar surface area (TPSA) is 82.6 Å². The number of anilines is 2. The molecule has 2 atom stereocenters. The van der Waals surface area contributed by atoms with Crippen LogP contribution in [-0.4, -0.2) is 73.0 Å². The number of nitrogens with zero attached hydrogens (tertiary/aromatic N) is 3. The van der Waals surface area contributed by atoms with Crippen molar-refractivity contribution < 1.29 is 28.6 Å². The molecule has 0 aromatic heterocycles. The summed E-state index contributed by atoms with van der Waals surface area (Å²) in [6.07, 6.45) is 0.353. The summed E-state index contributed by atoms with van der Waals surface area (Å²) < 4.78 is 26.3. The third kappa shape index (κ3) is 6.15. The van der Waals surface area contributed by atoms with Crippen LogP contribution in [0.1, 0.15) is 50.0 Å². The number of aliphatic hydroxyl groups is 1. The number of halogens is 1. The van der Waals surface area contributed by atoms with Crippen LogP contribution in [0.25, 0.3) is 0 Å². The molecule has 1 saturated heterocycles. The molecule has 0 aliphatic carbocycles. The number of benzene rings is 2. The van der Waals surface area contributed by atoms with Gasteiger partial charge in [-0.2, -0.15) is 0 Å². The second kappa shape index (κ2) is 10.6. The van der Waals surface area contributed by atoms with E-state index in [9.17, 15) is 14.7 Å². The zero-order valence-corrected chi connectivity index (χ0v) is 22.2. The Kier molecular flexibility index (Phi) is 7.64. The molecule has 2 aliphatic rings. The zero-order chi connectivity index (χ0) is 26.9. The highest BCUT2D eigenvalue weighted by Crippen LogP contribution is 2.32. The Morgan fingerprint density at radius 2 is 1.97 bits per heavy atom. The van der Waals surface area contributed by atoms with Gasteiger partial charge in [0.15, 0.2) is 0 Å². The van der Waals surface area contributed by atoms with Gasteiger partial charge >= 0.3 is 6.09 Å². The minimum atomic E-state index is -0.580. The molecule has 8 nitrogen and oxygen atoms in total. The average Bonchev–Trinajstić information content (AvgIpc) is 3.31. The minimum absolute atomic E-state index is 0.0800. The quantitative estimate of drug-likeness (QED) is 0.623. The van der Waals surface area contributed by atoms with E-state index in [1.807, 2.05) is 31.7 Å². The zero-order valence-electron chi connectivity index (χ0n) is 22.2. The van der Waals surface area contributed by atoms with Crippen molar-refractivity contribution in [2.24, 2.45) is 0 Å². The number of hydrogen-bond acceptors (Lipinski definition) is 6. The Labute approximate surface area is 217 Å². The fourth-order valence-electron chi connectivity index (χ4n) is 4.70. The van der Waals surface area contributed by atoms with Crippen LogP contribution in [0, 0.1) is 5.82 Å². The van der Waals surface area contributed by atoms with E-state index < -0.39 is 17.5 Å². The monoisotopic (exact) mass is 513 g/mol. The molecule has 2 unspecified atom stereocenters. The van der Waals surface area contributed by atoms with E-state index in [-0.39, 0.29) is 24.6 Å². The summed E-state index contributed by atoms with van der Waals surface area (Å²) in [6.45, 7) is 8.85. The summed E-state index contributed by atoms with van der Waals surface area (Å²) in [7, 11) is 1.71. The summed E-state index contributed by atoms with van der Waals surface area (Å²) in [4.78, 5) is 30.7. The number of rotatable bonds is 6. The van der Waals surface area contributed by atoms with Gasteiger partial charge < -0.3 is 29.3 Å². The van der Waals surface area contributed by atoms with Gasteiger partial charge in [0, 0.05) is 37.9 Å². The number of ether oxygens (including phenoxy) is 2. The minimum Gasteiger partial charge on any atom is -0.491 e. The van der Waals surface area contributed by atoms with Gasteiger partial charge in [0.1, 0.15) is 23.8 Å². The van der Waals surface area contributed by atoms with E-state index in [0.29, 0.717) is 55.2 Å². The molecule has 2 heterocycles. The van der Waals surface area contributed by atoms with E-state index >= 15 is 4.39 Å². The fourth-order valence-corrected chi connectivity index (χ4v) is 4.70. The third-order valence-corrected chi connectivity index (χ3v) is 6.62. The van der Waals surface area contributed by atoms with Crippen LogP contribution in [0.3, 0.4) is 0 Å². The molecular formula is C28H36FN3O5. The van der Waals surface area contributed by atoms with Crippen LogP contribution < -0.4 is 14.5 Å². The van der Waals surface area contributed by atoms with Gasteiger partial charge in [-0.25, -0.2) is 9.18 Å². The number of hydrogen-bond donors (Lipinski definition) is 1. The first-order valence-corrected chi connectivity index (χ1v) is 12.7. The smallest absolute Gasteiger partial charge is 0.410 e. The van der Waals surface area contributed by atoms with Gasteiger partial charge in [-0.15, -0.1) is 0 Å². The lowest BCUT2D eigenvalue weighted by Gasteiger charge is -2.30. The summed E-state index contributed by atoms with van der Waals surface area (Å²) in [6, 6.07) is 10.1. The van der Waals surface area contributed by atoms with Crippen molar-refractivity contribution >= 4 is 23.4 Å². The van der Waals surface area contributed by atoms with E-state index in [2.05, 4.69) is 0 Å². The molecule has 0 spiro atoms. The number of likely N-dealkylation sites (N-methyl/N-ethyl adjacent to an activating group) is 1. The average molecular weight is 514 g/mol. The maximum absolute atomic E-state index is 15.3. The molecule has 1 fully saturated rings. The van der Waals surface area contributed by atoms with Crippen LogP contribution in [0.2, 0.25) is 0 Å². The predicted octanol–water partition coefficient (Wildman–Crippen LogP) is 4.23. The Morgan fingerprint density at radius 3 is 2.65 bits per heavy atom. The van der Waals surface area contributed by atoms with Crippen LogP contribution in [0.4, 0.5) is 20.6 Å². The number of carbonyl (C=O) groups excluding carboxylic acids is 2. The lowest BCUT2D eigenvalue weighted by Crippen LogP contribution is -2.42. The highest BCUT2D eigenvalue weighted by Gasteiger charge is 2.33. The van der Waals surface area contributed by atoms with Crippen LogP contribution in [0.5, 0.6) is 5.75 Å². The second-order valence-corrected chi connectivity index (χ2v) is 10.8. The summed E-state index contributed by atoms with van der Waals surface area (Å²) >= 11 is 0. The van der Waals surface area contributed by atoms with Crippen LogP contribution in [-0.2, 0) is 11.2 Å². The molecule has 0 saturated carbocycles. The standard InChI is InChI=1S/C28H36FN3O5/c1-18(33)17-36-22-7-8-23-19(14-22)10-13-32(26(23)34)20-6-9-25(24(29)15-20)31-12-11-21(16-31)30(5)27(35)37-28(2,3)4/h6-9,14-15,18,21,33H,10-13,16-17H2,1-5H3. The van der Waals surface area contributed by atoms with E-state index in [1.165, 1.54) is 6.07 Å². The Hall–Kier alpha value is -3.33. The lowest BCUT2D eigenvalue weighted by molar-refractivity contribution is 0.0237. The molecule has 2 aromatic rings. The van der Waals surface area contributed by atoms with Crippen molar-refractivity contribution in [3.8, 4) is 5.75 Å². The van der Waals surface area contributed by atoms with Gasteiger partial charge in [0.2, 0.25) is 0 Å². The molecule has 2 aromatic carbocycles. The van der Waals surface area contributed by atoms with Gasteiger partial charge in [-0.05, 0) is 82.5 Å². The van der Waals surface area contributed by atoms with E-state index in [1.54, 1.807) is 48.0 Å². The molecule has 37 heavy (non-hydrogen) atoms. The van der Waals surface area contributed by atoms with Crippen molar-refractivity contribution in [1.29, 1.82) is 0 Å². The van der Waals surface area contributed by atoms with Gasteiger partial charge in [-0.1, -0.05) is 0 Å². The number of amides is 2. The molecule has 200 valence electrons. The number of fused-ring (bicyclic) bond motifs is 1. The Balaban J connectivity index is 1.43. The van der Waals surface area contributed by atoms with Crippen molar-refractivity contribution in [2.75, 3.05) is 43.1 Å². The lowest BCUT2D eigenvalue weighted by atomic mass is 9.98. The molecule has 2 amide bonds. The normalized spacial score (nSPS) is 18.5. The number of carbonyl (C=O) groups is 2. The third-order valence-electron chi connectivity index (χ3n) is 6.62. The van der Waals surface area contributed by atoms with E-state index in [0.717, 1.165) is 5.56 Å². The van der Waals surface area contributed by atoms with Crippen molar-refractivity contribution in [3.63, 3.8) is 0 Å². The Bertz CT molecular complexity index is 1160. The van der Waals surface area contributed by atoms with Crippen LogP contribution in [0.15, 0.2) is 36.4 Å². The first-order chi connectivity index (χ1) is 17.4. The van der Waals surface area contributed by atoms with Gasteiger partial charge in [0.05, 0.1) is 17.8 Å². The molecular weight excluding hydrogens is 477 g/mol. The predicted molar refractivity (Wildman–Crippen MR) is 140 cm³/mol. The maximum Gasteiger partial charge on any atom is 0.410 e. The second-order valence-electron chi connectivity index (χ2n) is 10.8. The largest absolute Gasteiger partial charge is 0.491 e. The van der Waals surface area contributed by atoms with Crippen LogP contribution >= 0.6 is 0 Å². The van der Waals surface area contributed by atoms with Crippen molar-refractivity contribution in [2.45, 2.75) is 58.3 Å².